The highest BCUT2D eigenvalue weighted by atomic mass is 16.3. The number of benzene rings is 2. The number of phenolic OH excluding ortho intramolecular Hbond substituents is 1. The van der Waals surface area contributed by atoms with Crippen molar-refractivity contribution in [2.45, 2.75) is 12.8 Å². The van der Waals surface area contributed by atoms with Crippen molar-refractivity contribution in [1.29, 1.82) is 0 Å². The number of aromatic hydroxyl groups is 1. The fourth-order valence-electron chi connectivity index (χ4n) is 2.72. The normalized spacial score (nSPS) is 12.4. The summed E-state index contributed by atoms with van der Waals surface area (Å²) in [5, 5.41) is 11.2. The van der Waals surface area contributed by atoms with Gasteiger partial charge >= 0.3 is 0 Å². The number of fused-ring (bicyclic) bond motifs is 1. The van der Waals surface area contributed by atoms with Gasteiger partial charge in [-0.05, 0) is 24.1 Å². The molecular formula is C17H16N2O2. The summed E-state index contributed by atoms with van der Waals surface area (Å²) in [5.74, 6) is -1.05. The molecule has 0 bridgehead atoms. The molecule has 0 radical (unpaired) electrons. The lowest BCUT2D eigenvalue weighted by Gasteiger charge is -2.16. The highest BCUT2D eigenvalue weighted by Crippen LogP contribution is 2.36. The Morgan fingerprint density at radius 2 is 1.90 bits per heavy atom. The second kappa shape index (κ2) is 4.98. The standard InChI is InChI=1S/C17H16N2O2/c1-10-5-4-7-12(16(10)20)15(17(18)21)13-9-19-14-8-3-2-6-11(13)14/h2-9,15,19-20H,1H3,(H2,18,21). The smallest absolute Gasteiger partial charge is 0.229 e. The molecule has 4 nitrogen and oxygen atoms in total. The first kappa shape index (κ1) is 13.2. The van der Waals surface area contributed by atoms with Gasteiger partial charge in [-0.2, -0.15) is 0 Å². The summed E-state index contributed by atoms with van der Waals surface area (Å²) >= 11 is 0. The Balaban J connectivity index is 2.24. The van der Waals surface area contributed by atoms with E-state index in [1.807, 2.05) is 30.3 Å². The lowest BCUT2D eigenvalue weighted by molar-refractivity contribution is -0.118. The molecule has 0 spiro atoms. The number of aromatic nitrogens is 1. The lowest BCUT2D eigenvalue weighted by atomic mass is 9.89. The van der Waals surface area contributed by atoms with Crippen LogP contribution in [0.4, 0.5) is 0 Å². The van der Waals surface area contributed by atoms with Crippen LogP contribution in [0.25, 0.3) is 10.9 Å². The van der Waals surface area contributed by atoms with E-state index in [4.69, 9.17) is 5.73 Å². The van der Waals surface area contributed by atoms with Gasteiger partial charge in [-0.1, -0.05) is 36.4 Å². The number of amides is 1. The van der Waals surface area contributed by atoms with Gasteiger partial charge in [0.25, 0.3) is 0 Å². The van der Waals surface area contributed by atoms with Crippen LogP contribution in [0.5, 0.6) is 5.75 Å². The lowest BCUT2D eigenvalue weighted by Crippen LogP contribution is -2.22. The number of nitrogens with one attached hydrogen (secondary N) is 1. The number of aryl methyl sites for hydroxylation is 1. The zero-order valence-corrected chi connectivity index (χ0v) is 11.6. The predicted octanol–water partition coefficient (Wildman–Crippen LogP) is 2.80. The molecule has 0 aliphatic rings. The van der Waals surface area contributed by atoms with Crippen LogP contribution in [0.3, 0.4) is 0 Å². The zero-order valence-electron chi connectivity index (χ0n) is 11.6. The van der Waals surface area contributed by atoms with E-state index in [2.05, 4.69) is 4.98 Å². The van der Waals surface area contributed by atoms with Crippen molar-refractivity contribution in [2.75, 3.05) is 0 Å². The molecule has 1 heterocycles. The van der Waals surface area contributed by atoms with Crippen molar-refractivity contribution in [1.82, 2.24) is 4.98 Å². The molecule has 21 heavy (non-hydrogen) atoms. The number of H-pyrrole nitrogens is 1. The largest absolute Gasteiger partial charge is 0.507 e. The average Bonchev–Trinajstić information content (AvgIpc) is 2.88. The highest BCUT2D eigenvalue weighted by molar-refractivity contribution is 5.94. The number of rotatable bonds is 3. The van der Waals surface area contributed by atoms with E-state index in [9.17, 15) is 9.90 Å². The number of carbonyl (C=O) groups excluding carboxylic acids is 1. The SMILES string of the molecule is Cc1cccc(C(C(N)=O)c2c[nH]c3ccccc23)c1O. The topological polar surface area (TPSA) is 79.1 Å². The van der Waals surface area contributed by atoms with Crippen molar-refractivity contribution < 1.29 is 9.90 Å². The first-order valence-electron chi connectivity index (χ1n) is 6.73. The van der Waals surface area contributed by atoms with Crippen molar-refractivity contribution in [3.05, 3.63) is 65.4 Å². The summed E-state index contributed by atoms with van der Waals surface area (Å²) in [4.78, 5) is 15.1. The summed E-state index contributed by atoms with van der Waals surface area (Å²) < 4.78 is 0. The molecular weight excluding hydrogens is 264 g/mol. The van der Waals surface area contributed by atoms with Gasteiger partial charge in [-0.25, -0.2) is 0 Å². The fraction of sp³-hybridized carbons (Fsp3) is 0.118. The molecule has 3 aromatic rings. The van der Waals surface area contributed by atoms with Crippen LogP contribution >= 0.6 is 0 Å². The maximum Gasteiger partial charge on any atom is 0.229 e. The van der Waals surface area contributed by atoms with Crippen LogP contribution in [-0.4, -0.2) is 16.0 Å². The molecule has 0 fully saturated rings. The third-order valence-electron chi connectivity index (χ3n) is 3.80. The Kier molecular flexibility index (Phi) is 3.14. The van der Waals surface area contributed by atoms with Gasteiger partial charge in [0, 0.05) is 22.7 Å². The number of primary amides is 1. The number of phenols is 1. The molecule has 0 aliphatic carbocycles. The fourth-order valence-corrected chi connectivity index (χ4v) is 2.72. The minimum absolute atomic E-state index is 0.117. The second-order valence-electron chi connectivity index (χ2n) is 5.14. The molecule has 1 amide bonds. The maximum absolute atomic E-state index is 12.0. The van der Waals surface area contributed by atoms with Gasteiger partial charge in [0.15, 0.2) is 0 Å². The Hall–Kier alpha value is -2.75. The van der Waals surface area contributed by atoms with Crippen molar-refractivity contribution in [2.24, 2.45) is 5.73 Å². The van der Waals surface area contributed by atoms with Crippen LogP contribution in [0.2, 0.25) is 0 Å². The molecule has 3 rings (SSSR count). The van der Waals surface area contributed by atoms with Gasteiger partial charge in [-0.15, -0.1) is 0 Å². The quantitative estimate of drug-likeness (QED) is 0.689. The Bertz CT molecular complexity index is 821. The van der Waals surface area contributed by atoms with Crippen molar-refractivity contribution in [3.63, 3.8) is 0 Å². The van der Waals surface area contributed by atoms with E-state index in [0.717, 1.165) is 22.0 Å². The summed E-state index contributed by atoms with van der Waals surface area (Å²) in [6.07, 6.45) is 1.78. The number of para-hydroxylation sites is 2. The summed E-state index contributed by atoms with van der Waals surface area (Å²) in [6.45, 7) is 1.80. The molecule has 1 unspecified atom stereocenters. The van der Waals surface area contributed by atoms with E-state index >= 15 is 0 Å². The number of hydrogen-bond donors (Lipinski definition) is 3. The zero-order chi connectivity index (χ0) is 15.0. The minimum Gasteiger partial charge on any atom is -0.507 e. The third-order valence-corrected chi connectivity index (χ3v) is 3.80. The molecule has 106 valence electrons. The first-order valence-corrected chi connectivity index (χ1v) is 6.73. The number of carbonyl (C=O) groups is 1. The Labute approximate surface area is 122 Å². The number of hydrogen-bond acceptors (Lipinski definition) is 2. The third kappa shape index (κ3) is 2.14. The average molecular weight is 280 g/mol. The van der Waals surface area contributed by atoms with Gasteiger partial charge in [0.2, 0.25) is 5.91 Å². The molecule has 4 N–H and O–H groups in total. The summed E-state index contributed by atoms with van der Waals surface area (Å²) in [7, 11) is 0. The molecule has 0 aliphatic heterocycles. The van der Waals surface area contributed by atoms with E-state index in [1.165, 1.54) is 0 Å². The predicted molar refractivity (Wildman–Crippen MR) is 82.2 cm³/mol. The van der Waals surface area contributed by atoms with Crippen molar-refractivity contribution >= 4 is 16.8 Å². The van der Waals surface area contributed by atoms with Crippen LogP contribution in [0.15, 0.2) is 48.7 Å². The molecule has 1 aromatic heterocycles. The summed E-state index contributed by atoms with van der Waals surface area (Å²) in [5.41, 5.74) is 8.57. The second-order valence-corrected chi connectivity index (χ2v) is 5.14. The van der Waals surface area contributed by atoms with Crippen LogP contribution in [0.1, 0.15) is 22.6 Å². The molecule has 2 aromatic carbocycles. The van der Waals surface area contributed by atoms with Gasteiger partial charge in [0.1, 0.15) is 5.75 Å². The highest BCUT2D eigenvalue weighted by Gasteiger charge is 2.26. The van der Waals surface area contributed by atoms with E-state index in [-0.39, 0.29) is 5.75 Å². The van der Waals surface area contributed by atoms with Gasteiger partial charge in [-0.3, -0.25) is 4.79 Å². The molecule has 0 saturated carbocycles. The van der Waals surface area contributed by atoms with Gasteiger partial charge in [0.05, 0.1) is 5.92 Å². The van der Waals surface area contributed by atoms with E-state index in [0.29, 0.717) is 5.56 Å². The Morgan fingerprint density at radius 3 is 2.67 bits per heavy atom. The van der Waals surface area contributed by atoms with E-state index in [1.54, 1.807) is 25.3 Å². The molecule has 0 saturated heterocycles. The first-order chi connectivity index (χ1) is 10.1. The number of aromatic amines is 1. The number of nitrogens with two attached hydrogens (primary N) is 1. The minimum atomic E-state index is -0.680. The van der Waals surface area contributed by atoms with Gasteiger partial charge < -0.3 is 15.8 Å². The van der Waals surface area contributed by atoms with Crippen molar-refractivity contribution in [3.8, 4) is 5.75 Å². The Morgan fingerprint density at radius 1 is 1.14 bits per heavy atom. The summed E-state index contributed by atoms with van der Waals surface area (Å²) in [6, 6.07) is 13.1. The van der Waals surface area contributed by atoms with E-state index < -0.39 is 11.8 Å². The van der Waals surface area contributed by atoms with Crippen LogP contribution in [-0.2, 0) is 4.79 Å². The monoisotopic (exact) mass is 280 g/mol. The van der Waals surface area contributed by atoms with Crippen LogP contribution < -0.4 is 5.73 Å². The molecule has 4 heteroatoms. The maximum atomic E-state index is 12.0. The van der Waals surface area contributed by atoms with Crippen LogP contribution in [0, 0.1) is 6.92 Å². The molecule has 1 atom stereocenters.